The Bertz CT molecular complexity index is 114. The van der Waals surface area contributed by atoms with Crippen molar-refractivity contribution in [2.24, 2.45) is 11.8 Å². The molecule has 1 heteroatoms. The van der Waals surface area contributed by atoms with Crippen LogP contribution in [-0.4, -0.2) is 11.2 Å². The Kier molecular flexibility index (Phi) is 4.07. The van der Waals surface area contributed by atoms with Gasteiger partial charge in [-0.1, -0.05) is 39.5 Å². The molecule has 0 heterocycles. The van der Waals surface area contributed by atoms with Crippen LogP contribution in [0.2, 0.25) is 0 Å². The number of hydrogen-bond donors (Lipinski definition) is 1. The minimum atomic E-state index is -0.0117. The third-order valence-corrected chi connectivity index (χ3v) is 3.06. The first-order valence-electron chi connectivity index (χ1n) is 5.44. The SMILES string of the molecule is CCC(CC)CC(O)CC1CC1. The Morgan fingerprint density at radius 1 is 1.25 bits per heavy atom. The summed E-state index contributed by atoms with van der Waals surface area (Å²) in [5, 5.41) is 9.69. The summed E-state index contributed by atoms with van der Waals surface area (Å²) >= 11 is 0. The summed E-state index contributed by atoms with van der Waals surface area (Å²) in [5.41, 5.74) is 0. The zero-order valence-corrected chi connectivity index (χ0v) is 8.42. The zero-order valence-electron chi connectivity index (χ0n) is 8.42. The summed E-state index contributed by atoms with van der Waals surface area (Å²) in [7, 11) is 0. The van der Waals surface area contributed by atoms with Crippen LogP contribution in [0, 0.1) is 11.8 Å². The third-order valence-electron chi connectivity index (χ3n) is 3.06. The van der Waals surface area contributed by atoms with Gasteiger partial charge in [-0.05, 0) is 24.7 Å². The molecule has 0 saturated heterocycles. The van der Waals surface area contributed by atoms with E-state index in [1.54, 1.807) is 0 Å². The molecule has 0 aromatic carbocycles. The van der Waals surface area contributed by atoms with Crippen molar-refractivity contribution >= 4 is 0 Å². The normalized spacial score (nSPS) is 20.0. The first kappa shape index (κ1) is 10.0. The minimum Gasteiger partial charge on any atom is -0.393 e. The van der Waals surface area contributed by atoms with Crippen LogP contribution in [0.3, 0.4) is 0 Å². The van der Waals surface area contributed by atoms with E-state index < -0.39 is 0 Å². The van der Waals surface area contributed by atoms with E-state index in [1.165, 1.54) is 25.7 Å². The number of aliphatic hydroxyl groups is 1. The predicted molar refractivity (Wildman–Crippen MR) is 52.0 cm³/mol. The van der Waals surface area contributed by atoms with Crippen molar-refractivity contribution in [3.8, 4) is 0 Å². The molecule has 12 heavy (non-hydrogen) atoms. The maximum atomic E-state index is 9.69. The fourth-order valence-electron chi connectivity index (χ4n) is 1.84. The van der Waals surface area contributed by atoms with E-state index >= 15 is 0 Å². The standard InChI is InChI=1S/C11H22O/c1-3-9(4-2)7-11(12)8-10-5-6-10/h9-12H,3-8H2,1-2H3. The molecular weight excluding hydrogens is 148 g/mol. The quantitative estimate of drug-likeness (QED) is 0.649. The largest absolute Gasteiger partial charge is 0.393 e. The predicted octanol–water partition coefficient (Wildman–Crippen LogP) is 2.97. The average molecular weight is 170 g/mol. The molecular formula is C11H22O. The number of aliphatic hydroxyl groups excluding tert-OH is 1. The molecule has 1 saturated carbocycles. The fourth-order valence-corrected chi connectivity index (χ4v) is 1.84. The summed E-state index contributed by atoms with van der Waals surface area (Å²) in [6.07, 6.45) is 7.25. The van der Waals surface area contributed by atoms with Crippen molar-refractivity contribution in [3.63, 3.8) is 0 Å². The number of hydrogen-bond acceptors (Lipinski definition) is 1. The van der Waals surface area contributed by atoms with E-state index in [0.29, 0.717) is 0 Å². The van der Waals surface area contributed by atoms with Gasteiger partial charge in [0.25, 0.3) is 0 Å². The van der Waals surface area contributed by atoms with Gasteiger partial charge in [0.05, 0.1) is 6.10 Å². The Morgan fingerprint density at radius 2 is 1.83 bits per heavy atom. The van der Waals surface area contributed by atoms with Crippen LogP contribution in [0.5, 0.6) is 0 Å². The van der Waals surface area contributed by atoms with Crippen LogP contribution in [0.25, 0.3) is 0 Å². The van der Waals surface area contributed by atoms with Crippen LogP contribution in [-0.2, 0) is 0 Å². The maximum Gasteiger partial charge on any atom is 0.0545 e. The molecule has 1 fully saturated rings. The minimum absolute atomic E-state index is 0.0117. The lowest BCUT2D eigenvalue weighted by Gasteiger charge is -2.16. The van der Waals surface area contributed by atoms with E-state index in [2.05, 4.69) is 13.8 Å². The third kappa shape index (κ3) is 3.57. The van der Waals surface area contributed by atoms with Gasteiger partial charge in [0, 0.05) is 0 Å². The molecule has 1 N–H and O–H groups in total. The van der Waals surface area contributed by atoms with Crippen LogP contribution >= 0.6 is 0 Å². The second-order valence-corrected chi connectivity index (χ2v) is 4.25. The van der Waals surface area contributed by atoms with Gasteiger partial charge in [0.1, 0.15) is 0 Å². The lowest BCUT2D eigenvalue weighted by molar-refractivity contribution is 0.124. The summed E-state index contributed by atoms with van der Waals surface area (Å²) in [5.74, 6) is 1.62. The van der Waals surface area contributed by atoms with Gasteiger partial charge >= 0.3 is 0 Å². The summed E-state index contributed by atoms with van der Waals surface area (Å²) in [4.78, 5) is 0. The van der Waals surface area contributed by atoms with E-state index in [-0.39, 0.29) is 6.10 Å². The van der Waals surface area contributed by atoms with Crippen LogP contribution in [0.1, 0.15) is 52.4 Å². The van der Waals surface area contributed by atoms with Crippen molar-refractivity contribution in [3.05, 3.63) is 0 Å². The van der Waals surface area contributed by atoms with Gasteiger partial charge in [0.15, 0.2) is 0 Å². The van der Waals surface area contributed by atoms with Crippen molar-refractivity contribution in [1.82, 2.24) is 0 Å². The molecule has 0 amide bonds. The summed E-state index contributed by atoms with van der Waals surface area (Å²) < 4.78 is 0. The number of rotatable bonds is 6. The topological polar surface area (TPSA) is 20.2 Å². The first-order valence-corrected chi connectivity index (χ1v) is 5.44. The van der Waals surface area contributed by atoms with Crippen LogP contribution < -0.4 is 0 Å². The maximum absolute atomic E-state index is 9.69. The molecule has 1 nitrogen and oxygen atoms in total. The van der Waals surface area contributed by atoms with Crippen LogP contribution in [0.15, 0.2) is 0 Å². The van der Waals surface area contributed by atoms with Gasteiger partial charge in [-0.2, -0.15) is 0 Å². The lowest BCUT2D eigenvalue weighted by atomic mass is 9.94. The molecule has 0 spiro atoms. The lowest BCUT2D eigenvalue weighted by Crippen LogP contribution is -2.13. The van der Waals surface area contributed by atoms with Gasteiger partial charge in [0.2, 0.25) is 0 Å². The first-order chi connectivity index (χ1) is 5.76. The molecule has 1 aliphatic rings. The fraction of sp³-hybridized carbons (Fsp3) is 1.00. The molecule has 1 unspecified atom stereocenters. The second-order valence-electron chi connectivity index (χ2n) is 4.25. The zero-order chi connectivity index (χ0) is 8.97. The average Bonchev–Trinajstić information content (AvgIpc) is 2.84. The molecule has 0 aromatic rings. The molecule has 1 aliphatic carbocycles. The van der Waals surface area contributed by atoms with Gasteiger partial charge in [-0.3, -0.25) is 0 Å². The summed E-state index contributed by atoms with van der Waals surface area (Å²) in [6.45, 7) is 4.44. The van der Waals surface area contributed by atoms with Crippen molar-refractivity contribution in [2.45, 2.75) is 58.5 Å². The van der Waals surface area contributed by atoms with Gasteiger partial charge in [-0.25, -0.2) is 0 Å². The summed E-state index contributed by atoms with van der Waals surface area (Å²) in [6, 6.07) is 0. The van der Waals surface area contributed by atoms with Gasteiger partial charge in [-0.15, -0.1) is 0 Å². The van der Waals surface area contributed by atoms with Crippen molar-refractivity contribution < 1.29 is 5.11 Å². The molecule has 1 rings (SSSR count). The van der Waals surface area contributed by atoms with E-state index in [0.717, 1.165) is 24.7 Å². The Labute approximate surface area is 76.2 Å². The highest BCUT2D eigenvalue weighted by Crippen LogP contribution is 2.34. The molecule has 0 bridgehead atoms. The smallest absolute Gasteiger partial charge is 0.0545 e. The molecule has 72 valence electrons. The van der Waals surface area contributed by atoms with Crippen molar-refractivity contribution in [2.75, 3.05) is 0 Å². The highest BCUT2D eigenvalue weighted by Gasteiger charge is 2.25. The molecule has 0 radical (unpaired) electrons. The highest BCUT2D eigenvalue weighted by atomic mass is 16.3. The monoisotopic (exact) mass is 170 g/mol. The van der Waals surface area contributed by atoms with Crippen LogP contribution in [0.4, 0.5) is 0 Å². The van der Waals surface area contributed by atoms with E-state index in [9.17, 15) is 5.11 Å². The molecule has 0 aliphatic heterocycles. The van der Waals surface area contributed by atoms with E-state index in [1.807, 2.05) is 0 Å². The highest BCUT2D eigenvalue weighted by molar-refractivity contribution is 4.77. The van der Waals surface area contributed by atoms with E-state index in [4.69, 9.17) is 0 Å². The Balaban J connectivity index is 2.09. The van der Waals surface area contributed by atoms with Crippen molar-refractivity contribution in [1.29, 1.82) is 0 Å². The molecule has 1 atom stereocenters. The molecule has 0 aromatic heterocycles. The Morgan fingerprint density at radius 3 is 2.25 bits per heavy atom. The van der Waals surface area contributed by atoms with Gasteiger partial charge < -0.3 is 5.11 Å². The Hall–Kier alpha value is -0.0400. The second kappa shape index (κ2) is 4.86.